The van der Waals surface area contributed by atoms with E-state index in [1.807, 2.05) is 76.2 Å². The van der Waals surface area contributed by atoms with E-state index in [0.717, 1.165) is 22.3 Å². The van der Waals surface area contributed by atoms with Crippen molar-refractivity contribution in [2.75, 3.05) is 0 Å². The minimum atomic E-state index is -1.94. The third-order valence-corrected chi connectivity index (χ3v) is 6.33. The minimum Gasteiger partial charge on any atom is -0.509 e. The van der Waals surface area contributed by atoms with E-state index in [0.29, 0.717) is 36.8 Å². The van der Waals surface area contributed by atoms with Gasteiger partial charge in [-0.05, 0) is 59.1 Å². The maximum atomic E-state index is 10.8. The summed E-state index contributed by atoms with van der Waals surface area (Å²) in [6.45, 7) is 7.59. The van der Waals surface area contributed by atoms with Gasteiger partial charge in [0.2, 0.25) is 0 Å². The lowest BCUT2D eigenvalue weighted by atomic mass is 9.90. The van der Waals surface area contributed by atoms with E-state index < -0.39 is 35.9 Å². The van der Waals surface area contributed by atoms with Crippen molar-refractivity contribution in [3.05, 3.63) is 82.3 Å². The fourth-order valence-corrected chi connectivity index (χ4v) is 4.32. The van der Waals surface area contributed by atoms with Crippen molar-refractivity contribution in [2.45, 2.75) is 77.8 Å². The molecule has 0 spiro atoms. The van der Waals surface area contributed by atoms with Crippen LogP contribution >= 0.6 is 0 Å². The van der Waals surface area contributed by atoms with E-state index in [4.69, 9.17) is 0 Å². The van der Waals surface area contributed by atoms with Crippen molar-refractivity contribution in [3.63, 3.8) is 0 Å². The SMILES string of the molecule is CCC(=C(O)[C@@H](O)[C@@H](O)[C@H](O)[C@@H](O)C(O)=C(CC)c1ccccc1CC)c1ccccc1CC. The average molecular weight is 471 g/mol. The van der Waals surface area contributed by atoms with Crippen molar-refractivity contribution < 1.29 is 30.6 Å². The Morgan fingerprint density at radius 3 is 1.21 bits per heavy atom. The zero-order valence-electron chi connectivity index (χ0n) is 20.4. The highest BCUT2D eigenvalue weighted by atomic mass is 16.4. The molecule has 2 rings (SSSR count). The highest BCUT2D eigenvalue weighted by Crippen LogP contribution is 2.30. The molecular weight excluding hydrogens is 432 g/mol. The molecule has 4 atom stereocenters. The zero-order chi connectivity index (χ0) is 25.4. The van der Waals surface area contributed by atoms with Crippen molar-refractivity contribution in [3.8, 4) is 0 Å². The third-order valence-electron chi connectivity index (χ3n) is 6.33. The quantitative estimate of drug-likeness (QED) is 0.272. The highest BCUT2D eigenvalue weighted by molar-refractivity contribution is 5.71. The second-order valence-electron chi connectivity index (χ2n) is 8.33. The fourth-order valence-electron chi connectivity index (χ4n) is 4.32. The minimum absolute atomic E-state index is 0.379. The van der Waals surface area contributed by atoms with E-state index in [1.165, 1.54) is 0 Å². The Balaban J connectivity index is 2.39. The van der Waals surface area contributed by atoms with Crippen LogP contribution in [0, 0.1) is 0 Å². The number of hydrogen-bond donors (Lipinski definition) is 6. The van der Waals surface area contributed by atoms with Crippen molar-refractivity contribution in [1.82, 2.24) is 0 Å². The van der Waals surface area contributed by atoms with Crippen molar-refractivity contribution in [2.24, 2.45) is 0 Å². The van der Waals surface area contributed by atoms with Crippen LogP contribution in [0.25, 0.3) is 11.1 Å². The first-order chi connectivity index (χ1) is 16.2. The van der Waals surface area contributed by atoms with Crippen LogP contribution < -0.4 is 0 Å². The van der Waals surface area contributed by atoms with Gasteiger partial charge in [-0.15, -0.1) is 0 Å². The topological polar surface area (TPSA) is 121 Å². The molecule has 0 aliphatic heterocycles. The number of aliphatic hydroxyl groups is 6. The summed E-state index contributed by atoms with van der Waals surface area (Å²) in [7, 11) is 0. The molecule has 0 fully saturated rings. The molecule has 186 valence electrons. The average Bonchev–Trinajstić information content (AvgIpc) is 2.88. The van der Waals surface area contributed by atoms with Crippen LogP contribution in [0.5, 0.6) is 0 Å². The summed E-state index contributed by atoms with van der Waals surface area (Å²) in [5.41, 5.74) is 4.32. The number of aryl methyl sites for hydroxylation is 2. The van der Waals surface area contributed by atoms with Gasteiger partial charge >= 0.3 is 0 Å². The maximum absolute atomic E-state index is 10.8. The summed E-state index contributed by atoms with van der Waals surface area (Å²) in [5.74, 6) is -0.949. The Labute approximate surface area is 202 Å². The zero-order valence-corrected chi connectivity index (χ0v) is 20.4. The number of hydrogen-bond acceptors (Lipinski definition) is 6. The van der Waals surface area contributed by atoms with Crippen molar-refractivity contribution >= 4 is 11.1 Å². The molecule has 0 aliphatic rings. The molecule has 2 aromatic rings. The van der Waals surface area contributed by atoms with E-state index >= 15 is 0 Å². The Morgan fingerprint density at radius 2 is 0.912 bits per heavy atom. The Kier molecular flexibility index (Phi) is 10.3. The number of allylic oxidation sites excluding steroid dienone is 2. The molecule has 0 saturated carbocycles. The lowest BCUT2D eigenvalue weighted by molar-refractivity contribution is -0.1000. The Morgan fingerprint density at radius 1 is 0.588 bits per heavy atom. The predicted octanol–water partition coefficient (Wildman–Crippen LogP) is 4.31. The van der Waals surface area contributed by atoms with Gasteiger partial charge in [-0.2, -0.15) is 0 Å². The normalized spacial score (nSPS) is 16.8. The fraction of sp³-hybridized carbons (Fsp3) is 0.429. The van der Waals surface area contributed by atoms with Crippen LogP contribution in [0.1, 0.15) is 62.8 Å². The molecule has 0 heterocycles. The molecule has 6 nitrogen and oxygen atoms in total. The second-order valence-corrected chi connectivity index (χ2v) is 8.33. The van der Waals surface area contributed by atoms with Gasteiger partial charge in [0.1, 0.15) is 35.9 Å². The second kappa shape index (κ2) is 12.7. The van der Waals surface area contributed by atoms with Gasteiger partial charge in [0.05, 0.1) is 0 Å². The van der Waals surface area contributed by atoms with E-state index in [9.17, 15) is 30.6 Å². The number of benzene rings is 2. The lowest BCUT2D eigenvalue weighted by Crippen LogP contribution is -2.46. The van der Waals surface area contributed by atoms with Crippen LogP contribution in [-0.4, -0.2) is 55.1 Å². The predicted molar refractivity (Wildman–Crippen MR) is 135 cm³/mol. The molecule has 6 heteroatoms. The molecule has 0 amide bonds. The molecule has 0 radical (unpaired) electrons. The van der Waals surface area contributed by atoms with Gasteiger partial charge < -0.3 is 30.6 Å². The van der Waals surface area contributed by atoms with E-state index in [-0.39, 0.29) is 0 Å². The Bertz CT molecular complexity index is 928. The third kappa shape index (κ3) is 5.88. The smallest absolute Gasteiger partial charge is 0.139 e. The summed E-state index contributed by atoms with van der Waals surface area (Å²) >= 11 is 0. The standard InChI is InChI=1S/C28H38O6/c1-5-17-13-9-11-15-21(17)19(7-3)23(29)25(31)27(33)28(34)26(32)24(30)20(8-4)22-16-12-10-14-18(22)6-2/h9-16,25-34H,5-8H2,1-4H3/t25-,26+,27-,28-/m1/s1. The molecule has 0 aliphatic carbocycles. The molecule has 0 saturated heterocycles. The van der Waals surface area contributed by atoms with Gasteiger partial charge in [-0.1, -0.05) is 76.2 Å². The largest absolute Gasteiger partial charge is 0.509 e. The van der Waals surface area contributed by atoms with Crippen LogP contribution in [0.4, 0.5) is 0 Å². The summed E-state index contributed by atoms with van der Waals surface area (Å²) in [5, 5.41) is 64.2. The Hall–Kier alpha value is -2.64. The first-order valence-corrected chi connectivity index (χ1v) is 12.0. The summed E-state index contributed by atoms with van der Waals surface area (Å²) in [4.78, 5) is 0. The van der Waals surface area contributed by atoms with Crippen molar-refractivity contribution in [1.29, 1.82) is 0 Å². The van der Waals surface area contributed by atoms with Gasteiger partial charge in [-0.25, -0.2) is 0 Å². The lowest BCUT2D eigenvalue weighted by Gasteiger charge is -2.28. The van der Waals surface area contributed by atoms with Crippen LogP contribution in [0.15, 0.2) is 60.0 Å². The van der Waals surface area contributed by atoms with E-state index in [1.54, 1.807) is 0 Å². The first-order valence-electron chi connectivity index (χ1n) is 12.0. The summed E-state index contributed by atoms with van der Waals surface area (Å²) < 4.78 is 0. The van der Waals surface area contributed by atoms with Gasteiger partial charge in [0.15, 0.2) is 0 Å². The summed E-state index contributed by atoms with van der Waals surface area (Å²) in [6.07, 6.45) is -5.40. The molecule has 0 bridgehead atoms. The molecule has 2 aromatic carbocycles. The van der Waals surface area contributed by atoms with Crippen LogP contribution in [-0.2, 0) is 12.8 Å². The van der Waals surface area contributed by atoms with E-state index in [2.05, 4.69) is 0 Å². The molecular formula is C28H38O6. The van der Waals surface area contributed by atoms with Crippen LogP contribution in [0.2, 0.25) is 0 Å². The monoisotopic (exact) mass is 470 g/mol. The van der Waals surface area contributed by atoms with Gasteiger partial charge in [0.25, 0.3) is 0 Å². The highest BCUT2D eigenvalue weighted by Gasteiger charge is 2.36. The first kappa shape index (κ1) is 27.6. The van der Waals surface area contributed by atoms with Gasteiger partial charge in [0, 0.05) is 0 Å². The van der Waals surface area contributed by atoms with Gasteiger partial charge in [-0.3, -0.25) is 0 Å². The molecule has 6 N–H and O–H groups in total. The number of aliphatic hydroxyl groups excluding tert-OH is 6. The maximum Gasteiger partial charge on any atom is 0.139 e. The summed E-state index contributed by atoms with van der Waals surface area (Å²) in [6, 6.07) is 14.9. The molecule has 0 aromatic heterocycles. The molecule has 34 heavy (non-hydrogen) atoms. The van der Waals surface area contributed by atoms with Crippen LogP contribution in [0.3, 0.4) is 0 Å². The molecule has 0 unspecified atom stereocenters. The number of rotatable bonds is 11.